The summed E-state index contributed by atoms with van der Waals surface area (Å²) in [5, 5.41) is 0. The number of rotatable bonds is 6. The van der Waals surface area contributed by atoms with E-state index >= 15 is 0 Å². The summed E-state index contributed by atoms with van der Waals surface area (Å²) in [6, 6.07) is 0. The third-order valence-electron chi connectivity index (χ3n) is 4.77. The average molecular weight is 353 g/mol. The second-order valence-electron chi connectivity index (χ2n) is 7.81. The molecular weight excluding hydrogens is 322 g/mol. The molecule has 2 rings (SSSR count). The van der Waals surface area contributed by atoms with Gasteiger partial charge >= 0.3 is 5.97 Å². The van der Waals surface area contributed by atoms with Crippen LogP contribution in [0.25, 0.3) is 0 Å². The van der Waals surface area contributed by atoms with Crippen LogP contribution in [0.3, 0.4) is 0 Å². The Hall–Kier alpha value is -1.63. The van der Waals surface area contributed by atoms with E-state index in [2.05, 4.69) is 0 Å². The van der Waals surface area contributed by atoms with E-state index in [0.29, 0.717) is 32.8 Å². The minimum absolute atomic E-state index is 0.00209. The van der Waals surface area contributed by atoms with Crippen molar-refractivity contribution in [2.75, 3.05) is 45.9 Å². The summed E-state index contributed by atoms with van der Waals surface area (Å²) in [4.78, 5) is 42.1. The summed E-state index contributed by atoms with van der Waals surface area (Å²) in [6.07, 6.45) is 2.01. The quantitative estimate of drug-likeness (QED) is 0.659. The van der Waals surface area contributed by atoms with E-state index in [0.717, 1.165) is 12.8 Å². The maximum atomic E-state index is 12.6. The van der Waals surface area contributed by atoms with E-state index in [1.165, 1.54) is 0 Å². The normalized spacial score (nSPS) is 18.4. The topological polar surface area (TPSA) is 70.2 Å². The number of hydrogen-bond acceptors (Lipinski definition) is 5. The van der Waals surface area contributed by atoms with Gasteiger partial charge in [0.15, 0.2) is 0 Å². The second-order valence-corrected chi connectivity index (χ2v) is 7.81. The van der Waals surface area contributed by atoms with Crippen molar-refractivity contribution in [3.63, 3.8) is 0 Å². The van der Waals surface area contributed by atoms with Crippen LogP contribution in [-0.4, -0.2) is 83.9 Å². The van der Waals surface area contributed by atoms with E-state index < -0.39 is 0 Å². The van der Waals surface area contributed by atoms with Gasteiger partial charge in [0.1, 0.15) is 0 Å². The maximum absolute atomic E-state index is 12.6. The number of carbonyl (C=O) groups is 3. The molecule has 0 N–H and O–H groups in total. The van der Waals surface area contributed by atoms with Gasteiger partial charge in [0.2, 0.25) is 11.8 Å². The lowest BCUT2D eigenvalue weighted by Gasteiger charge is -2.38. The van der Waals surface area contributed by atoms with Crippen LogP contribution in [0.4, 0.5) is 0 Å². The minimum atomic E-state index is -0.315. The largest absolute Gasteiger partial charge is 0.465 e. The summed E-state index contributed by atoms with van der Waals surface area (Å²) in [6.45, 7) is 10.7. The first-order valence-electron chi connectivity index (χ1n) is 9.19. The SMILES string of the molecule is CCOC(=O)CN(CC(=O)N1CCN(C(=O)C2CC2)CC1)C(C)(C)C. The number of carbonyl (C=O) groups excluding carboxylic acids is 3. The minimum Gasteiger partial charge on any atom is -0.465 e. The van der Waals surface area contributed by atoms with Crippen molar-refractivity contribution in [2.24, 2.45) is 5.92 Å². The number of esters is 1. The highest BCUT2D eigenvalue weighted by Crippen LogP contribution is 2.31. The Labute approximate surface area is 150 Å². The van der Waals surface area contributed by atoms with Crippen LogP contribution in [0.5, 0.6) is 0 Å². The Morgan fingerprint density at radius 3 is 2.04 bits per heavy atom. The molecule has 0 spiro atoms. The van der Waals surface area contributed by atoms with Gasteiger partial charge in [-0.05, 0) is 40.5 Å². The van der Waals surface area contributed by atoms with Crippen molar-refractivity contribution in [3.8, 4) is 0 Å². The monoisotopic (exact) mass is 353 g/mol. The Kier molecular flexibility index (Phi) is 6.43. The molecule has 0 bridgehead atoms. The first-order chi connectivity index (χ1) is 11.7. The molecule has 0 aromatic heterocycles. The Bertz CT molecular complexity index is 503. The Balaban J connectivity index is 1.85. The van der Waals surface area contributed by atoms with Crippen molar-refractivity contribution in [1.29, 1.82) is 0 Å². The summed E-state index contributed by atoms with van der Waals surface area (Å²) < 4.78 is 5.01. The molecule has 0 unspecified atom stereocenters. The summed E-state index contributed by atoms with van der Waals surface area (Å²) >= 11 is 0. The first-order valence-corrected chi connectivity index (χ1v) is 9.19. The lowest BCUT2D eigenvalue weighted by molar-refractivity contribution is -0.148. The van der Waals surface area contributed by atoms with Crippen LogP contribution in [0.1, 0.15) is 40.5 Å². The molecule has 7 heteroatoms. The highest BCUT2D eigenvalue weighted by atomic mass is 16.5. The fourth-order valence-electron chi connectivity index (χ4n) is 2.92. The number of ether oxygens (including phenoxy) is 1. The molecule has 1 saturated carbocycles. The van der Waals surface area contributed by atoms with E-state index in [-0.39, 0.29) is 42.3 Å². The molecule has 25 heavy (non-hydrogen) atoms. The molecule has 2 amide bonds. The van der Waals surface area contributed by atoms with Gasteiger partial charge in [0.25, 0.3) is 0 Å². The van der Waals surface area contributed by atoms with Gasteiger partial charge in [-0.3, -0.25) is 19.3 Å². The summed E-state index contributed by atoms with van der Waals surface area (Å²) in [5.74, 6) is 0.150. The predicted octanol–water partition coefficient (Wildman–Crippen LogP) is 0.731. The zero-order valence-corrected chi connectivity index (χ0v) is 15.9. The van der Waals surface area contributed by atoms with E-state index in [1.54, 1.807) is 11.8 Å². The van der Waals surface area contributed by atoms with E-state index in [4.69, 9.17) is 4.74 Å². The molecule has 0 aromatic carbocycles. The van der Waals surface area contributed by atoms with E-state index in [1.807, 2.05) is 30.6 Å². The van der Waals surface area contributed by atoms with Crippen LogP contribution in [0.2, 0.25) is 0 Å². The lowest BCUT2D eigenvalue weighted by Crippen LogP contribution is -2.55. The zero-order chi connectivity index (χ0) is 18.6. The van der Waals surface area contributed by atoms with Crippen molar-refractivity contribution < 1.29 is 19.1 Å². The third-order valence-corrected chi connectivity index (χ3v) is 4.77. The number of hydrogen-bond donors (Lipinski definition) is 0. The van der Waals surface area contributed by atoms with Crippen LogP contribution in [0.15, 0.2) is 0 Å². The summed E-state index contributed by atoms with van der Waals surface area (Å²) in [7, 11) is 0. The van der Waals surface area contributed by atoms with Crippen molar-refractivity contribution in [2.45, 2.75) is 46.1 Å². The lowest BCUT2D eigenvalue weighted by atomic mass is 10.1. The molecule has 142 valence electrons. The number of nitrogens with zero attached hydrogens (tertiary/aromatic N) is 3. The molecule has 1 heterocycles. The van der Waals surface area contributed by atoms with E-state index in [9.17, 15) is 14.4 Å². The maximum Gasteiger partial charge on any atom is 0.320 e. The molecule has 2 fully saturated rings. The molecule has 0 aromatic rings. The van der Waals surface area contributed by atoms with Crippen LogP contribution in [0, 0.1) is 5.92 Å². The van der Waals surface area contributed by atoms with Gasteiger partial charge in [-0.2, -0.15) is 0 Å². The molecule has 2 aliphatic rings. The Morgan fingerprint density at radius 1 is 1.00 bits per heavy atom. The van der Waals surface area contributed by atoms with Crippen molar-refractivity contribution >= 4 is 17.8 Å². The fourth-order valence-corrected chi connectivity index (χ4v) is 2.92. The molecule has 0 radical (unpaired) electrons. The second kappa shape index (κ2) is 8.17. The van der Waals surface area contributed by atoms with Gasteiger partial charge in [-0.1, -0.05) is 0 Å². The molecule has 1 saturated heterocycles. The predicted molar refractivity (Wildman–Crippen MR) is 93.8 cm³/mol. The standard InChI is InChI=1S/C18H31N3O4/c1-5-25-16(23)13-21(18(2,3)4)12-15(22)19-8-10-20(11-9-19)17(24)14-6-7-14/h14H,5-13H2,1-4H3. The highest BCUT2D eigenvalue weighted by molar-refractivity contribution is 5.82. The fraction of sp³-hybridized carbons (Fsp3) is 0.833. The van der Waals surface area contributed by atoms with Crippen molar-refractivity contribution in [3.05, 3.63) is 0 Å². The third kappa shape index (κ3) is 5.70. The molecule has 1 aliphatic carbocycles. The van der Waals surface area contributed by atoms with Gasteiger partial charge < -0.3 is 14.5 Å². The van der Waals surface area contributed by atoms with Gasteiger partial charge in [-0.15, -0.1) is 0 Å². The average Bonchev–Trinajstić information content (AvgIpc) is 3.38. The Morgan fingerprint density at radius 2 is 1.56 bits per heavy atom. The number of piperazine rings is 1. The molecular formula is C18H31N3O4. The molecule has 1 aliphatic heterocycles. The zero-order valence-electron chi connectivity index (χ0n) is 15.9. The smallest absolute Gasteiger partial charge is 0.320 e. The number of amides is 2. The van der Waals surface area contributed by atoms with Gasteiger partial charge in [0, 0.05) is 37.6 Å². The van der Waals surface area contributed by atoms with Gasteiger partial charge in [0.05, 0.1) is 19.7 Å². The van der Waals surface area contributed by atoms with Gasteiger partial charge in [-0.25, -0.2) is 0 Å². The molecule has 0 atom stereocenters. The van der Waals surface area contributed by atoms with Crippen molar-refractivity contribution in [1.82, 2.24) is 14.7 Å². The molecule has 7 nitrogen and oxygen atoms in total. The highest BCUT2D eigenvalue weighted by Gasteiger charge is 2.35. The van der Waals surface area contributed by atoms with Crippen LogP contribution < -0.4 is 0 Å². The van der Waals surface area contributed by atoms with Crippen LogP contribution in [-0.2, 0) is 19.1 Å². The summed E-state index contributed by atoms with van der Waals surface area (Å²) in [5.41, 5.74) is -0.313. The first kappa shape index (κ1) is 19.7. The van der Waals surface area contributed by atoms with Crippen LogP contribution >= 0.6 is 0 Å².